The number of rotatable bonds is 3. The van der Waals surface area contributed by atoms with Gasteiger partial charge in [-0.05, 0) is 37.1 Å². The van der Waals surface area contributed by atoms with Gasteiger partial charge in [-0.25, -0.2) is 0 Å². The average molecular weight is 260 g/mol. The molecular weight excluding hydrogens is 244 g/mol. The van der Waals surface area contributed by atoms with Gasteiger partial charge in [0, 0.05) is 5.56 Å². The van der Waals surface area contributed by atoms with Gasteiger partial charge in [0.25, 0.3) is 0 Å². The molecule has 4 nitrogen and oxygen atoms in total. The van der Waals surface area contributed by atoms with Crippen molar-refractivity contribution in [1.82, 2.24) is 0 Å². The lowest BCUT2D eigenvalue weighted by Gasteiger charge is -2.43. The van der Waals surface area contributed by atoms with Crippen LogP contribution in [-0.2, 0) is 9.53 Å². The van der Waals surface area contributed by atoms with Crippen LogP contribution in [0.3, 0.4) is 0 Å². The maximum Gasteiger partial charge on any atom is 0.313 e. The summed E-state index contributed by atoms with van der Waals surface area (Å²) in [6.45, 7) is 0. The van der Waals surface area contributed by atoms with Crippen LogP contribution in [0.1, 0.15) is 29.6 Å². The van der Waals surface area contributed by atoms with Crippen molar-refractivity contribution in [3.63, 3.8) is 0 Å². The molecule has 1 aliphatic heterocycles. The molecule has 2 fully saturated rings. The zero-order valence-corrected chi connectivity index (χ0v) is 10.8. The van der Waals surface area contributed by atoms with Crippen molar-refractivity contribution in [2.75, 3.05) is 7.11 Å². The molecule has 0 spiro atoms. The number of esters is 1. The highest BCUT2D eigenvalue weighted by atomic mass is 16.6. The van der Waals surface area contributed by atoms with E-state index in [1.54, 1.807) is 31.4 Å². The highest BCUT2D eigenvalue weighted by Gasteiger charge is 2.51. The Labute approximate surface area is 111 Å². The van der Waals surface area contributed by atoms with E-state index in [0.29, 0.717) is 5.56 Å². The molecule has 0 aromatic heterocycles. The van der Waals surface area contributed by atoms with E-state index in [1.165, 1.54) is 0 Å². The van der Waals surface area contributed by atoms with Crippen molar-refractivity contribution in [2.24, 2.45) is 11.8 Å². The van der Waals surface area contributed by atoms with Gasteiger partial charge in [-0.15, -0.1) is 0 Å². The van der Waals surface area contributed by atoms with Crippen LogP contribution in [-0.4, -0.2) is 25.0 Å². The second-order valence-corrected chi connectivity index (χ2v) is 5.14. The summed E-state index contributed by atoms with van der Waals surface area (Å²) in [5.74, 6) is 0.431. The molecule has 19 heavy (non-hydrogen) atoms. The number of benzene rings is 1. The van der Waals surface area contributed by atoms with Crippen LogP contribution in [0.25, 0.3) is 0 Å². The monoisotopic (exact) mass is 260 g/mol. The van der Waals surface area contributed by atoms with Crippen LogP contribution in [0.5, 0.6) is 5.75 Å². The predicted molar refractivity (Wildman–Crippen MR) is 68.0 cm³/mol. The Morgan fingerprint density at radius 1 is 1.26 bits per heavy atom. The normalized spacial score (nSPS) is 28.9. The number of carbonyl (C=O) groups is 2. The van der Waals surface area contributed by atoms with Crippen molar-refractivity contribution in [2.45, 2.75) is 25.4 Å². The molecule has 0 bridgehead atoms. The molecule has 1 aromatic carbocycles. The van der Waals surface area contributed by atoms with Gasteiger partial charge in [0.1, 0.15) is 11.9 Å². The first-order valence-electron chi connectivity index (χ1n) is 6.59. The molecule has 1 aliphatic carbocycles. The van der Waals surface area contributed by atoms with Crippen LogP contribution < -0.4 is 4.74 Å². The number of carbonyl (C=O) groups excluding carboxylic acids is 2. The smallest absolute Gasteiger partial charge is 0.313 e. The van der Waals surface area contributed by atoms with E-state index in [-0.39, 0.29) is 29.7 Å². The van der Waals surface area contributed by atoms with Crippen molar-refractivity contribution >= 4 is 11.8 Å². The molecule has 2 aliphatic rings. The highest BCUT2D eigenvalue weighted by Crippen LogP contribution is 2.40. The van der Waals surface area contributed by atoms with Gasteiger partial charge in [-0.1, -0.05) is 6.42 Å². The second kappa shape index (κ2) is 4.68. The molecule has 3 atom stereocenters. The molecule has 0 N–H and O–H groups in total. The molecule has 1 saturated heterocycles. The number of methoxy groups -OCH3 is 1. The highest BCUT2D eigenvalue weighted by molar-refractivity contribution is 5.99. The average Bonchev–Trinajstić information content (AvgIpc) is 2.45. The standard InChI is InChI=1S/C15H16O4/c1-18-10-7-5-9(6-8-10)13(16)11-3-2-4-12-14(11)19-15(12)17/h5-8,11-12,14H,2-4H2,1H3. The third kappa shape index (κ3) is 2.01. The first-order chi connectivity index (χ1) is 9.20. The van der Waals surface area contributed by atoms with E-state index >= 15 is 0 Å². The molecule has 1 aromatic rings. The van der Waals surface area contributed by atoms with E-state index in [4.69, 9.17) is 9.47 Å². The fourth-order valence-electron chi connectivity index (χ4n) is 2.98. The van der Waals surface area contributed by atoms with Gasteiger partial charge in [0.15, 0.2) is 5.78 Å². The zero-order valence-electron chi connectivity index (χ0n) is 10.8. The van der Waals surface area contributed by atoms with Crippen LogP contribution >= 0.6 is 0 Å². The minimum Gasteiger partial charge on any atom is -0.497 e. The maximum atomic E-state index is 12.5. The summed E-state index contributed by atoms with van der Waals surface area (Å²) >= 11 is 0. The van der Waals surface area contributed by atoms with E-state index in [1.807, 2.05) is 0 Å². The van der Waals surface area contributed by atoms with Gasteiger partial charge < -0.3 is 9.47 Å². The Bertz CT molecular complexity index is 505. The molecule has 3 rings (SSSR count). The van der Waals surface area contributed by atoms with Crippen molar-refractivity contribution < 1.29 is 19.1 Å². The first-order valence-corrected chi connectivity index (χ1v) is 6.59. The fraction of sp³-hybridized carbons (Fsp3) is 0.467. The van der Waals surface area contributed by atoms with Crippen LogP contribution in [0.2, 0.25) is 0 Å². The quantitative estimate of drug-likeness (QED) is 0.617. The van der Waals surface area contributed by atoms with Crippen LogP contribution in [0.15, 0.2) is 24.3 Å². The maximum absolute atomic E-state index is 12.5. The molecule has 0 amide bonds. The molecule has 3 unspecified atom stereocenters. The van der Waals surface area contributed by atoms with Gasteiger partial charge in [-0.3, -0.25) is 9.59 Å². The third-order valence-corrected chi connectivity index (χ3v) is 4.09. The first kappa shape index (κ1) is 12.2. The largest absolute Gasteiger partial charge is 0.497 e. The van der Waals surface area contributed by atoms with Gasteiger partial charge in [0.05, 0.1) is 18.9 Å². The number of fused-ring (bicyclic) bond motifs is 1. The SMILES string of the molecule is COc1ccc(C(=O)C2CCCC3C(=O)OC32)cc1. The molecule has 1 saturated carbocycles. The number of Topliss-reactive ketones (excluding diaryl/α,β-unsaturated/α-hetero) is 1. The molecule has 100 valence electrons. The van der Waals surface area contributed by atoms with E-state index < -0.39 is 0 Å². The van der Waals surface area contributed by atoms with Crippen molar-refractivity contribution in [1.29, 1.82) is 0 Å². The summed E-state index contributed by atoms with van der Waals surface area (Å²) in [4.78, 5) is 23.8. The number of hydrogen-bond donors (Lipinski definition) is 0. The van der Waals surface area contributed by atoms with E-state index in [2.05, 4.69) is 0 Å². The summed E-state index contributed by atoms with van der Waals surface area (Å²) in [6, 6.07) is 7.09. The second-order valence-electron chi connectivity index (χ2n) is 5.14. The lowest BCUT2D eigenvalue weighted by Crippen LogP contribution is -2.53. The summed E-state index contributed by atoms with van der Waals surface area (Å²) < 4.78 is 10.2. The topological polar surface area (TPSA) is 52.6 Å². The van der Waals surface area contributed by atoms with E-state index in [0.717, 1.165) is 25.0 Å². The van der Waals surface area contributed by atoms with Gasteiger partial charge >= 0.3 is 5.97 Å². The lowest BCUT2D eigenvalue weighted by atomic mass is 9.72. The summed E-state index contributed by atoms with van der Waals surface area (Å²) in [5.41, 5.74) is 0.661. The van der Waals surface area contributed by atoms with Gasteiger partial charge in [0.2, 0.25) is 0 Å². The van der Waals surface area contributed by atoms with Crippen molar-refractivity contribution in [3.8, 4) is 5.75 Å². The molecular formula is C15H16O4. The minimum atomic E-state index is -0.198. The Hall–Kier alpha value is -1.84. The number of ether oxygens (including phenoxy) is 2. The molecule has 0 radical (unpaired) electrons. The Morgan fingerprint density at radius 2 is 2.00 bits per heavy atom. The van der Waals surface area contributed by atoms with Crippen molar-refractivity contribution in [3.05, 3.63) is 29.8 Å². The Kier molecular flexibility index (Phi) is 3.01. The number of ketones is 1. The molecule has 1 heterocycles. The fourth-order valence-corrected chi connectivity index (χ4v) is 2.98. The summed E-state index contributed by atoms with van der Waals surface area (Å²) in [6.07, 6.45) is 2.38. The Morgan fingerprint density at radius 3 is 2.63 bits per heavy atom. The molecule has 4 heteroatoms. The van der Waals surface area contributed by atoms with E-state index in [9.17, 15) is 9.59 Å². The Balaban J connectivity index is 1.77. The third-order valence-electron chi connectivity index (χ3n) is 4.09. The predicted octanol–water partition coefficient (Wildman–Crippen LogP) is 2.22. The lowest BCUT2D eigenvalue weighted by molar-refractivity contribution is -0.194. The van der Waals surface area contributed by atoms with Crippen LogP contribution in [0.4, 0.5) is 0 Å². The van der Waals surface area contributed by atoms with Gasteiger partial charge in [-0.2, -0.15) is 0 Å². The zero-order chi connectivity index (χ0) is 13.4. The minimum absolute atomic E-state index is 0.0547. The summed E-state index contributed by atoms with van der Waals surface area (Å²) in [5, 5.41) is 0. The summed E-state index contributed by atoms with van der Waals surface area (Å²) in [7, 11) is 1.59. The van der Waals surface area contributed by atoms with Crippen LogP contribution in [0, 0.1) is 11.8 Å². The number of hydrogen-bond acceptors (Lipinski definition) is 4.